The molecule has 4 heteroatoms. The van der Waals surface area contributed by atoms with Gasteiger partial charge in [-0.25, -0.2) is 4.98 Å². The van der Waals surface area contributed by atoms with Crippen molar-refractivity contribution in [3.05, 3.63) is 51.7 Å². The highest BCUT2D eigenvalue weighted by molar-refractivity contribution is 14.1. The number of hydrogen-bond acceptors (Lipinski definition) is 3. The first kappa shape index (κ1) is 12.2. The van der Waals surface area contributed by atoms with Crippen molar-refractivity contribution in [2.24, 2.45) is 0 Å². The zero-order valence-corrected chi connectivity index (χ0v) is 11.5. The van der Waals surface area contributed by atoms with Gasteiger partial charge in [0.05, 0.1) is 7.11 Å². The van der Waals surface area contributed by atoms with Crippen molar-refractivity contribution in [2.45, 2.75) is 6.61 Å². The molecule has 0 saturated heterocycles. The minimum Gasteiger partial charge on any atom is -0.488 e. The zero-order valence-electron chi connectivity index (χ0n) is 9.39. The van der Waals surface area contributed by atoms with E-state index in [1.54, 1.807) is 13.3 Å². The summed E-state index contributed by atoms with van der Waals surface area (Å²) in [6.45, 7) is 0.546. The number of hydrogen-bond donors (Lipinski definition) is 0. The SMILES string of the molecule is COc1nccc(OCc2ccccc2)c1I. The fraction of sp³-hybridized carbons (Fsp3) is 0.154. The number of pyridine rings is 1. The Bertz CT molecular complexity index is 488. The molecule has 0 atom stereocenters. The number of methoxy groups -OCH3 is 1. The van der Waals surface area contributed by atoms with Crippen LogP contribution in [-0.4, -0.2) is 12.1 Å². The standard InChI is InChI=1S/C13H12INO2/c1-16-13-12(14)11(7-8-15-13)17-9-10-5-3-2-4-6-10/h2-8H,9H2,1H3. The second-order valence-corrected chi connectivity index (χ2v) is 4.49. The number of benzene rings is 1. The molecule has 3 nitrogen and oxygen atoms in total. The quantitative estimate of drug-likeness (QED) is 0.800. The van der Waals surface area contributed by atoms with Crippen LogP contribution in [-0.2, 0) is 6.61 Å². The molecule has 0 amide bonds. The first-order chi connectivity index (χ1) is 8.31. The van der Waals surface area contributed by atoms with Crippen LogP contribution in [0.5, 0.6) is 11.6 Å². The predicted octanol–water partition coefficient (Wildman–Crippen LogP) is 3.27. The molecule has 0 radical (unpaired) electrons. The highest BCUT2D eigenvalue weighted by atomic mass is 127. The van der Waals surface area contributed by atoms with E-state index < -0.39 is 0 Å². The molecule has 0 aliphatic rings. The molecule has 0 saturated carbocycles. The molecule has 0 aliphatic carbocycles. The zero-order chi connectivity index (χ0) is 12.1. The van der Waals surface area contributed by atoms with Crippen molar-refractivity contribution >= 4 is 22.6 Å². The molecule has 1 aromatic heterocycles. The first-order valence-corrected chi connectivity index (χ1v) is 6.24. The van der Waals surface area contributed by atoms with Gasteiger partial charge >= 0.3 is 0 Å². The van der Waals surface area contributed by atoms with Crippen LogP contribution in [0.4, 0.5) is 0 Å². The highest BCUT2D eigenvalue weighted by Crippen LogP contribution is 2.28. The minimum atomic E-state index is 0.546. The summed E-state index contributed by atoms with van der Waals surface area (Å²) in [6, 6.07) is 11.9. The molecule has 1 heterocycles. The second-order valence-electron chi connectivity index (χ2n) is 3.41. The summed E-state index contributed by atoms with van der Waals surface area (Å²) in [4.78, 5) is 4.10. The molecular formula is C13H12INO2. The normalized spacial score (nSPS) is 10.0. The number of aromatic nitrogens is 1. The Morgan fingerprint density at radius 3 is 2.65 bits per heavy atom. The summed E-state index contributed by atoms with van der Waals surface area (Å²) in [5, 5.41) is 0. The maximum atomic E-state index is 5.74. The van der Waals surface area contributed by atoms with E-state index in [9.17, 15) is 0 Å². The van der Waals surface area contributed by atoms with E-state index in [1.807, 2.05) is 36.4 Å². The van der Waals surface area contributed by atoms with Gasteiger partial charge in [-0.05, 0) is 34.2 Å². The maximum absolute atomic E-state index is 5.74. The van der Waals surface area contributed by atoms with Gasteiger partial charge < -0.3 is 9.47 Å². The van der Waals surface area contributed by atoms with Crippen molar-refractivity contribution < 1.29 is 9.47 Å². The molecule has 0 unspecified atom stereocenters. The summed E-state index contributed by atoms with van der Waals surface area (Å²) < 4.78 is 11.8. The lowest BCUT2D eigenvalue weighted by Gasteiger charge is -2.09. The van der Waals surface area contributed by atoms with Crippen LogP contribution in [0, 0.1) is 3.57 Å². The van der Waals surface area contributed by atoms with Crippen molar-refractivity contribution in [1.82, 2.24) is 4.98 Å². The summed E-state index contributed by atoms with van der Waals surface area (Å²) in [7, 11) is 1.60. The first-order valence-electron chi connectivity index (χ1n) is 5.16. The van der Waals surface area contributed by atoms with Crippen LogP contribution in [0.3, 0.4) is 0 Å². The van der Waals surface area contributed by atoms with E-state index in [0.29, 0.717) is 12.5 Å². The molecule has 1 aromatic carbocycles. The van der Waals surface area contributed by atoms with E-state index in [1.165, 1.54) is 0 Å². The summed E-state index contributed by atoms with van der Waals surface area (Å²) in [5.74, 6) is 1.39. The highest BCUT2D eigenvalue weighted by Gasteiger charge is 2.08. The van der Waals surface area contributed by atoms with Gasteiger partial charge in [-0.1, -0.05) is 30.3 Å². The Balaban J connectivity index is 2.09. The topological polar surface area (TPSA) is 31.4 Å². The van der Waals surface area contributed by atoms with E-state index in [0.717, 1.165) is 14.9 Å². The van der Waals surface area contributed by atoms with Gasteiger partial charge in [0.1, 0.15) is 15.9 Å². The van der Waals surface area contributed by atoms with Crippen molar-refractivity contribution in [3.8, 4) is 11.6 Å². The van der Waals surface area contributed by atoms with Gasteiger partial charge in [-0.2, -0.15) is 0 Å². The molecule has 0 bridgehead atoms. The van der Waals surface area contributed by atoms with Gasteiger partial charge in [0.2, 0.25) is 5.88 Å². The smallest absolute Gasteiger partial charge is 0.230 e. The molecule has 88 valence electrons. The molecule has 0 N–H and O–H groups in total. The van der Waals surface area contributed by atoms with Gasteiger partial charge in [-0.15, -0.1) is 0 Å². The molecule has 0 spiro atoms. The van der Waals surface area contributed by atoms with Gasteiger partial charge in [-0.3, -0.25) is 0 Å². The largest absolute Gasteiger partial charge is 0.488 e. The second kappa shape index (κ2) is 5.86. The molecular weight excluding hydrogens is 329 g/mol. The van der Waals surface area contributed by atoms with E-state index in [-0.39, 0.29) is 0 Å². The fourth-order valence-corrected chi connectivity index (χ4v) is 2.09. The maximum Gasteiger partial charge on any atom is 0.230 e. The van der Waals surface area contributed by atoms with Crippen molar-refractivity contribution in [1.29, 1.82) is 0 Å². The lowest BCUT2D eigenvalue weighted by Crippen LogP contribution is -1.99. The van der Waals surface area contributed by atoms with Crippen LogP contribution >= 0.6 is 22.6 Å². The van der Waals surface area contributed by atoms with Crippen LogP contribution in [0.2, 0.25) is 0 Å². The summed E-state index contributed by atoms with van der Waals surface area (Å²) in [6.07, 6.45) is 1.68. The predicted molar refractivity (Wildman–Crippen MR) is 74.3 cm³/mol. The van der Waals surface area contributed by atoms with Crippen LogP contribution in [0.1, 0.15) is 5.56 Å². The number of ether oxygens (including phenoxy) is 2. The van der Waals surface area contributed by atoms with E-state index in [4.69, 9.17) is 9.47 Å². The Labute approximate surface area is 114 Å². The average Bonchev–Trinajstić information content (AvgIpc) is 2.39. The third-order valence-electron chi connectivity index (χ3n) is 2.25. The number of nitrogens with zero attached hydrogens (tertiary/aromatic N) is 1. The van der Waals surface area contributed by atoms with Crippen molar-refractivity contribution in [2.75, 3.05) is 7.11 Å². The monoisotopic (exact) mass is 341 g/mol. The van der Waals surface area contributed by atoms with Gasteiger partial charge in [0.25, 0.3) is 0 Å². The van der Waals surface area contributed by atoms with Gasteiger partial charge in [0, 0.05) is 6.20 Å². The van der Waals surface area contributed by atoms with Crippen LogP contribution in [0.25, 0.3) is 0 Å². The minimum absolute atomic E-state index is 0.546. The molecule has 0 aliphatic heterocycles. The Kier molecular flexibility index (Phi) is 4.19. The third-order valence-corrected chi connectivity index (χ3v) is 3.25. The van der Waals surface area contributed by atoms with Gasteiger partial charge in [0.15, 0.2) is 0 Å². The lowest BCUT2D eigenvalue weighted by molar-refractivity contribution is 0.299. The molecule has 17 heavy (non-hydrogen) atoms. The lowest BCUT2D eigenvalue weighted by atomic mass is 10.2. The number of rotatable bonds is 4. The van der Waals surface area contributed by atoms with Crippen LogP contribution in [0.15, 0.2) is 42.6 Å². The van der Waals surface area contributed by atoms with E-state index in [2.05, 4.69) is 27.6 Å². The van der Waals surface area contributed by atoms with Crippen molar-refractivity contribution in [3.63, 3.8) is 0 Å². The molecule has 2 rings (SSSR count). The Morgan fingerprint density at radius 1 is 1.18 bits per heavy atom. The third kappa shape index (κ3) is 3.09. The fourth-order valence-electron chi connectivity index (χ4n) is 1.40. The van der Waals surface area contributed by atoms with E-state index >= 15 is 0 Å². The summed E-state index contributed by atoms with van der Waals surface area (Å²) >= 11 is 2.17. The Morgan fingerprint density at radius 2 is 1.94 bits per heavy atom. The average molecular weight is 341 g/mol. The van der Waals surface area contributed by atoms with Crippen LogP contribution < -0.4 is 9.47 Å². The molecule has 0 fully saturated rings. The molecule has 2 aromatic rings. The summed E-state index contributed by atoms with van der Waals surface area (Å²) in [5.41, 5.74) is 1.14. The number of halogens is 1. The Hall–Kier alpha value is -1.30.